The molecule has 1 rings (SSSR count). The first-order chi connectivity index (χ1) is 9.15. The zero-order valence-corrected chi connectivity index (χ0v) is 11.7. The van der Waals surface area contributed by atoms with Gasteiger partial charge in [0.05, 0.1) is 11.4 Å². The number of allylic oxidation sites excluding steroid dienone is 2. The lowest BCUT2D eigenvalue weighted by Crippen LogP contribution is -2.05. The number of nitriles is 3. The average Bonchev–Trinajstić information content (AvgIpc) is 2.42. The standard InChI is InChI=1S/C13H10BrN5/c1-2-18-11-4-3-10(14)5-12(11)19-13(8-17)9(6-15)7-16/h3-5,18-19H,2H2,1H3. The highest BCUT2D eigenvalue weighted by Gasteiger charge is 2.09. The highest BCUT2D eigenvalue weighted by atomic mass is 79.9. The minimum absolute atomic E-state index is 0.0674. The van der Waals surface area contributed by atoms with E-state index in [1.807, 2.05) is 25.1 Å². The lowest BCUT2D eigenvalue weighted by molar-refractivity contribution is 1.21. The van der Waals surface area contributed by atoms with E-state index in [1.54, 1.807) is 18.2 Å². The molecule has 1 aromatic rings. The van der Waals surface area contributed by atoms with Gasteiger partial charge in [-0.15, -0.1) is 0 Å². The third-order valence-corrected chi connectivity index (χ3v) is 2.69. The van der Waals surface area contributed by atoms with Crippen molar-refractivity contribution in [3.63, 3.8) is 0 Å². The maximum atomic E-state index is 9.01. The van der Waals surface area contributed by atoms with Gasteiger partial charge in [0.25, 0.3) is 0 Å². The molecule has 0 aliphatic carbocycles. The molecule has 0 spiro atoms. The van der Waals surface area contributed by atoms with Crippen molar-refractivity contribution in [3.05, 3.63) is 33.9 Å². The second-order valence-electron chi connectivity index (χ2n) is 3.43. The molecule has 19 heavy (non-hydrogen) atoms. The summed E-state index contributed by atoms with van der Waals surface area (Å²) in [6.07, 6.45) is 0. The number of anilines is 2. The Labute approximate surface area is 119 Å². The molecule has 0 heterocycles. The molecule has 6 heteroatoms. The van der Waals surface area contributed by atoms with E-state index in [0.29, 0.717) is 12.2 Å². The topological polar surface area (TPSA) is 95.4 Å². The zero-order chi connectivity index (χ0) is 14.3. The van der Waals surface area contributed by atoms with Crippen LogP contribution < -0.4 is 10.6 Å². The van der Waals surface area contributed by atoms with Crippen LogP contribution in [0.2, 0.25) is 0 Å². The predicted octanol–water partition coefficient (Wildman–Crippen LogP) is 3.12. The van der Waals surface area contributed by atoms with E-state index >= 15 is 0 Å². The minimum atomic E-state index is -0.245. The van der Waals surface area contributed by atoms with Crippen molar-refractivity contribution in [2.24, 2.45) is 0 Å². The van der Waals surface area contributed by atoms with Gasteiger partial charge in [-0.1, -0.05) is 15.9 Å². The number of nitrogens with zero attached hydrogens (tertiary/aromatic N) is 3. The lowest BCUT2D eigenvalue weighted by atomic mass is 10.2. The van der Waals surface area contributed by atoms with Crippen molar-refractivity contribution in [1.82, 2.24) is 0 Å². The molecular formula is C13H10BrN5. The molecule has 0 bridgehead atoms. The molecular weight excluding hydrogens is 306 g/mol. The van der Waals surface area contributed by atoms with Crippen LogP contribution in [-0.2, 0) is 0 Å². The van der Waals surface area contributed by atoms with Crippen LogP contribution in [0.15, 0.2) is 33.9 Å². The van der Waals surface area contributed by atoms with E-state index in [9.17, 15) is 0 Å². The Morgan fingerprint density at radius 1 is 1.16 bits per heavy atom. The van der Waals surface area contributed by atoms with Crippen LogP contribution in [0.1, 0.15) is 6.92 Å². The molecule has 0 atom stereocenters. The molecule has 5 nitrogen and oxygen atoms in total. The van der Waals surface area contributed by atoms with Crippen LogP contribution in [0.5, 0.6) is 0 Å². The van der Waals surface area contributed by atoms with Crippen molar-refractivity contribution < 1.29 is 0 Å². The van der Waals surface area contributed by atoms with E-state index in [0.717, 1.165) is 10.2 Å². The van der Waals surface area contributed by atoms with Crippen LogP contribution in [0.4, 0.5) is 11.4 Å². The summed E-state index contributed by atoms with van der Waals surface area (Å²) in [6, 6.07) is 10.7. The van der Waals surface area contributed by atoms with E-state index in [1.165, 1.54) is 0 Å². The Bertz CT molecular complexity index is 612. The number of halogens is 1. The molecule has 2 N–H and O–H groups in total. The summed E-state index contributed by atoms with van der Waals surface area (Å²) in [5.41, 5.74) is 1.09. The van der Waals surface area contributed by atoms with Gasteiger partial charge in [-0.05, 0) is 25.1 Å². The molecule has 1 aromatic carbocycles. The molecule has 0 saturated heterocycles. The van der Waals surface area contributed by atoms with Crippen molar-refractivity contribution >= 4 is 27.3 Å². The second kappa shape index (κ2) is 7.06. The summed E-state index contributed by atoms with van der Waals surface area (Å²) >= 11 is 3.33. The first-order valence-electron chi connectivity index (χ1n) is 5.41. The second-order valence-corrected chi connectivity index (χ2v) is 4.35. The molecule has 0 fully saturated rings. The number of rotatable bonds is 4. The highest BCUT2D eigenvalue weighted by molar-refractivity contribution is 9.10. The number of hydrogen-bond donors (Lipinski definition) is 2. The molecule has 0 saturated carbocycles. The lowest BCUT2D eigenvalue weighted by Gasteiger charge is -2.12. The smallest absolute Gasteiger partial charge is 0.163 e. The number of nitrogens with one attached hydrogen (secondary N) is 2. The first-order valence-corrected chi connectivity index (χ1v) is 6.20. The van der Waals surface area contributed by atoms with E-state index < -0.39 is 0 Å². The molecule has 0 radical (unpaired) electrons. The molecule has 94 valence electrons. The van der Waals surface area contributed by atoms with Crippen molar-refractivity contribution in [1.29, 1.82) is 15.8 Å². The monoisotopic (exact) mass is 315 g/mol. The quantitative estimate of drug-likeness (QED) is 0.832. The van der Waals surface area contributed by atoms with Crippen LogP contribution in [-0.4, -0.2) is 6.54 Å². The summed E-state index contributed by atoms with van der Waals surface area (Å²) in [4.78, 5) is 0. The Hall–Kier alpha value is -2.49. The fourth-order valence-electron chi connectivity index (χ4n) is 1.38. The molecule has 0 unspecified atom stereocenters. The Balaban J connectivity index is 3.22. The van der Waals surface area contributed by atoms with Crippen LogP contribution in [0, 0.1) is 34.0 Å². The zero-order valence-electron chi connectivity index (χ0n) is 10.2. The Kier molecular flexibility index (Phi) is 5.41. The Morgan fingerprint density at radius 2 is 1.84 bits per heavy atom. The summed E-state index contributed by atoms with van der Waals surface area (Å²) in [6.45, 7) is 2.66. The molecule has 0 aliphatic rings. The third-order valence-electron chi connectivity index (χ3n) is 2.19. The average molecular weight is 316 g/mol. The predicted molar refractivity (Wildman–Crippen MR) is 75.8 cm³/mol. The van der Waals surface area contributed by atoms with Crippen LogP contribution >= 0.6 is 15.9 Å². The van der Waals surface area contributed by atoms with Gasteiger partial charge >= 0.3 is 0 Å². The van der Waals surface area contributed by atoms with Gasteiger partial charge in [0.2, 0.25) is 0 Å². The van der Waals surface area contributed by atoms with E-state index in [-0.39, 0.29) is 11.3 Å². The third kappa shape index (κ3) is 3.74. The highest BCUT2D eigenvalue weighted by Crippen LogP contribution is 2.27. The fraction of sp³-hybridized carbons (Fsp3) is 0.154. The normalized spacial score (nSPS) is 8.58. The largest absolute Gasteiger partial charge is 0.384 e. The Morgan fingerprint density at radius 3 is 2.37 bits per heavy atom. The number of hydrogen-bond acceptors (Lipinski definition) is 5. The summed E-state index contributed by atoms with van der Waals surface area (Å²) < 4.78 is 0.824. The maximum Gasteiger partial charge on any atom is 0.163 e. The van der Waals surface area contributed by atoms with Gasteiger partial charge in [-0.25, -0.2) is 0 Å². The van der Waals surface area contributed by atoms with Gasteiger partial charge in [0.15, 0.2) is 5.57 Å². The SMILES string of the molecule is CCNc1ccc(Br)cc1NC(C#N)=C(C#N)C#N. The van der Waals surface area contributed by atoms with Crippen LogP contribution in [0.25, 0.3) is 0 Å². The summed E-state index contributed by atoms with van der Waals surface area (Å²) in [5.74, 6) is 0. The molecule has 0 aromatic heterocycles. The summed E-state index contributed by atoms with van der Waals surface area (Å²) in [5, 5.41) is 32.5. The van der Waals surface area contributed by atoms with Crippen molar-refractivity contribution in [3.8, 4) is 18.2 Å². The maximum absolute atomic E-state index is 9.01. The van der Waals surface area contributed by atoms with Gasteiger partial charge in [-0.2, -0.15) is 15.8 Å². The first kappa shape index (κ1) is 14.6. The summed E-state index contributed by atoms with van der Waals surface area (Å²) in [7, 11) is 0. The molecule has 0 amide bonds. The number of benzene rings is 1. The van der Waals surface area contributed by atoms with Gasteiger partial charge in [0, 0.05) is 11.0 Å². The van der Waals surface area contributed by atoms with Gasteiger partial charge in [-0.3, -0.25) is 0 Å². The van der Waals surface area contributed by atoms with E-state index in [4.69, 9.17) is 15.8 Å². The van der Waals surface area contributed by atoms with Crippen molar-refractivity contribution in [2.45, 2.75) is 6.92 Å². The van der Waals surface area contributed by atoms with Gasteiger partial charge in [0.1, 0.15) is 23.9 Å². The van der Waals surface area contributed by atoms with Crippen molar-refractivity contribution in [2.75, 3.05) is 17.2 Å². The molecule has 0 aliphatic heterocycles. The van der Waals surface area contributed by atoms with E-state index in [2.05, 4.69) is 26.6 Å². The fourth-order valence-corrected chi connectivity index (χ4v) is 1.74. The minimum Gasteiger partial charge on any atom is -0.384 e. The van der Waals surface area contributed by atoms with Crippen LogP contribution in [0.3, 0.4) is 0 Å². The van der Waals surface area contributed by atoms with Gasteiger partial charge < -0.3 is 10.6 Å².